The lowest BCUT2D eigenvalue weighted by Crippen LogP contribution is -2.32. The fourth-order valence-corrected chi connectivity index (χ4v) is 3.42. The Bertz CT molecular complexity index is 845. The number of carbonyl (C=O) groups is 2. The van der Waals surface area contributed by atoms with Crippen LogP contribution in [0.15, 0.2) is 42.5 Å². The van der Waals surface area contributed by atoms with Crippen molar-refractivity contribution >= 4 is 17.6 Å². The Labute approximate surface area is 165 Å². The van der Waals surface area contributed by atoms with Crippen LogP contribution in [-0.2, 0) is 6.54 Å². The van der Waals surface area contributed by atoms with Crippen LogP contribution in [0.25, 0.3) is 0 Å². The number of urea groups is 1. The lowest BCUT2D eigenvalue weighted by Gasteiger charge is -2.14. The number of aryl methyl sites for hydroxylation is 1. The summed E-state index contributed by atoms with van der Waals surface area (Å²) in [4.78, 5) is 24.6. The van der Waals surface area contributed by atoms with Crippen LogP contribution in [0.5, 0.6) is 5.75 Å². The monoisotopic (exact) mass is 381 g/mol. The second-order valence-electron chi connectivity index (χ2n) is 7.14. The third-order valence-corrected chi connectivity index (χ3v) is 5.01. The Morgan fingerprint density at radius 1 is 1.11 bits per heavy atom. The van der Waals surface area contributed by atoms with Crippen molar-refractivity contribution in [2.24, 2.45) is 0 Å². The zero-order chi connectivity index (χ0) is 19.9. The van der Waals surface area contributed by atoms with Crippen molar-refractivity contribution in [2.75, 3.05) is 12.4 Å². The molecule has 6 nitrogen and oxygen atoms in total. The van der Waals surface area contributed by atoms with Crippen molar-refractivity contribution in [3.05, 3.63) is 59.2 Å². The van der Waals surface area contributed by atoms with Crippen molar-refractivity contribution in [3.63, 3.8) is 0 Å². The average molecular weight is 381 g/mol. The first-order chi connectivity index (χ1) is 13.5. The topological polar surface area (TPSA) is 79.5 Å². The number of hydrogen-bond donors (Lipinski definition) is 3. The van der Waals surface area contributed by atoms with Crippen molar-refractivity contribution < 1.29 is 14.3 Å². The summed E-state index contributed by atoms with van der Waals surface area (Å²) in [6, 6.07) is 12.8. The van der Waals surface area contributed by atoms with Gasteiger partial charge < -0.3 is 20.7 Å². The molecule has 0 radical (unpaired) electrons. The number of methoxy groups -OCH3 is 1. The zero-order valence-electron chi connectivity index (χ0n) is 16.4. The highest BCUT2D eigenvalue weighted by atomic mass is 16.5. The second-order valence-corrected chi connectivity index (χ2v) is 7.14. The van der Waals surface area contributed by atoms with E-state index in [1.54, 1.807) is 19.2 Å². The van der Waals surface area contributed by atoms with Gasteiger partial charge in [-0.2, -0.15) is 0 Å². The standard InChI is InChI=1S/C22H27N3O3/c1-15-12-17(21(26)24-18-7-3-4-8-18)10-11-20(15)25-22(27)23-14-16-6-5-9-19(13-16)28-2/h5-6,9-13,18H,3-4,7-8,14H2,1-2H3,(H,24,26)(H2,23,25,27). The number of anilines is 1. The number of hydrogen-bond acceptors (Lipinski definition) is 3. The number of carbonyl (C=O) groups excluding carboxylic acids is 2. The number of rotatable bonds is 6. The van der Waals surface area contributed by atoms with Gasteiger partial charge in [0.2, 0.25) is 0 Å². The van der Waals surface area contributed by atoms with Gasteiger partial charge in [0.25, 0.3) is 5.91 Å². The molecule has 3 amide bonds. The summed E-state index contributed by atoms with van der Waals surface area (Å²) in [5, 5.41) is 8.74. The van der Waals surface area contributed by atoms with E-state index in [1.807, 2.05) is 37.3 Å². The average Bonchev–Trinajstić information content (AvgIpc) is 3.21. The van der Waals surface area contributed by atoms with Gasteiger partial charge in [0.15, 0.2) is 0 Å². The maximum absolute atomic E-state index is 12.4. The van der Waals surface area contributed by atoms with Crippen LogP contribution in [-0.4, -0.2) is 25.1 Å². The lowest BCUT2D eigenvalue weighted by molar-refractivity contribution is 0.0938. The fourth-order valence-electron chi connectivity index (χ4n) is 3.42. The van der Waals surface area contributed by atoms with E-state index in [-0.39, 0.29) is 18.0 Å². The first-order valence-corrected chi connectivity index (χ1v) is 9.64. The highest BCUT2D eigenvalue weighted by Gasteiger charge is 2.18. The summed E-state index contributed by atoms with van der Waals surface area (Å²) < 4.78 is 5.18. The zero-order valence-corrected chi connectivity index (χ0v) is 16.4. The van der Waals surface area contributed by atoms with Gasteiger partial charge in [-0.3, -0.25) is 4.79 Å². The third-order valence-electron chi connectivity index (χ3n) is 5.01. The summed E-state index contributed by atoms with van der Waals surface area (Å²) in [5.74, 6) is 0.700. The van der Waals surface area contributed by atoms with Gasteiger partial charge in [0.05, 0.1) is 7.11 Å². The van der Waals surface area contributed by atoms with Crippen LogP contribution >= 0.6 is 0 Å². The van der Waals surface area contributed by atoms with E-state index in [0.29, 0.717) is 17.8 Å². The number of amides is 3. The van der Waals surface area contributed by atoms with Crippen molar-refractivity contribution in [3.8, 4) is 5.75 Å². The molecule has 0 bridgehead atoms. The largest absolute Gasteiger partial charge is 0.497 e. The number of ether oxygens (including phenoxy) is 1. The first kappa shape index (κ1) is 19.7. The van der Waals surface area contributed by atoms with Gasteiger partial charge in [0, 0.05) is 23.8 Å². The molecule has 1 fully saturated rings. The van der Waals surface area contributed by atoms with Crippen LogP contribution < -0.4 is 20.7 Å². The van der Waals surface area contributed by atoms with Gasteiger partial charge in [-0.1, -0.05) is 25.0 Å². The predicted molar refractivity (Wildman–Crippen MR) is 110 cm³/mol. The van der Waals surface area contributed by atoms with Crippen molar-refractivity contribution in [1.82, 2.24) is 10.6 Å². The lowest BCUT2D eigenvalue weighted by atomic mass is 10.1. The van der Waals surface area contributed by atoms with Crippen LogP contribution in [0, 0.1) is 6.92 Å². The Kier molecular flexibility index (Phi) is 6.53. The minimum Gasteiger partial charge on any atom is -0.497 e. The Morgan fingerprint density at radius 3 is 2.61 bits per heavy atom. The summed E-state index contributed by atoms with van der Waals surface area (Å²) in [7, 11) is 1.61. The minimum atomic E-state index is -0.297. The molecule has 3 N–H and O–H groups in total. The summed E-state index contributed by atoms with van der Waals surface area (Å²) in [6.45, 7) is 2.27. The Morgan fingerprint density at radius 2 is 1.89 bits per heavy atom. The molecule has 2 aromatic carbocycles. The molecular formula is C22H27N3O3. The summed E-state index contributed by atoms with van der Waals surface area (Å²) in [5.41, 5.74) is 3.09. The number of nitrogens with one attached hydrogen (secondary N) is 3. The van der Waals surface area contributed by atoms with E-state index in [4.69, 9.17) is 4.74 Å². The normalized spacial score (nSPS) is 13.8. The second kappa shape index (κ2) is 9.26. The van der Waals surface area contributed by atoms with E-state index >= 15 is 0 Å². The van der Waals surface area contributed by atoms with Gasteiger partial charge in [-0.25, -0.2) is 4.79 Å². The first-order valence-electron chi connectivity index (χ1n) is 9.64. The van der Waals surface area contributed by atoms with Gasteiger partial charge in [0.1, 0.15) is 5.75 Å². The van der Waals surface area contributed by atoms with E-state index in [2.05, 4.69) is 16.0 Å². The Balaban J connectivity index is 1.54. The quantitative estimate of drug-likeness (QED) is 0.708. The summed E-state index contributed by atoms with van der Waals surface area (Å²) >= 11 is 0. The molecular weight excluding hydrogens is 354 g/mol. The molecule has 0 spiro atoms. The molecule has 2 aromatic rings. The Hall–Kier alpha value is -3.02. The van der Waals surface area contributed by atoms with Gasteiger partial charge >= 0.3 is 6.03 Å². The molecule has 3 rings (SSSR count). The fraction of sp³-hybridized carbons (Fsp3) is 0.364. The molecule has 0 aromatic heterocycles. The van der Waals surface area contributed by atoms with E-state index in [0.717, 1.165) is 29.7 Å². The third kappa shape index (κ3) is 5.25. The number of benzene rings is 2. The van der Waals surface area contributed by atoms with Gasteiger partial charge in [-0.15, -0.1) is 0 Å². The van der Waals surface area contributed by atoms with E-state index in [9.17, 15) is 9.59 Å². The van der Waals surface area contributed by atoms with Gasteiger partial charge in [-0.05, 0) is 61.2 Å². The summed E-state index contributed by atoms with van der Waals surface area (Å²) in [6.07, 6.45) is 4.46. The van der Waals surface area contributed by atoms with Crippen molar-refractivity contribution in [2.45, 2.75) is 45.2 Å². The van der Waals surface area contributed by atoms with E-state index in [1.165, 1.54) is 12.8 Å². The predicted octanol–water partition coefficient (Wildman–Crippen LogP) is 4.00. The smallest absolute Gasteiger partial charge is 0.319 e. The molecule has 6 heteroatoms. The molecule has 0 saturated heterocycles. The molecule has 148 valence electrons. The highest BCUT2D eigenvalue weighted by molar-refractivity contribution is 5.96. The molecule has 0 aliphatic heterocycles. The molecule has 0 heterocycles. The molecule has 1 aliphatic carbocycles. The van der Waals surface area contributed by atoms with Crippen molar-refractivity contribution in [1.29, 1.82) is 0 Å². The molecule has 28 heavy (non-hydrogen) atoms. The van der Waals surface area contributed by atoms with Crippen LogP contribution in [0.4, 0.5) is 10.5 Å². The maximum atomic E-state index is 12.4. The maximum Gasteiger partial charge on any atom is 0.319 e. The highest BCUT2D eigenvalue weighted by Crippen LogP contribution is 2.20. The molecule has 1 saturated carbocycles. The minimum absolute atomic E-state index is 0.0518. The molecule has 1 aliphatic rings. The van der Waals surface area contributed by atoms with Crippen LogP contribution in [0.3, 0.4) is 0 Å². The SMILES string of the molecule is COc1cccc(CNC(=O)Nc2ccc(C(=O)NC3CCCC3)cc2C)c1. The van der Waals surface area contributed by atoms with Crippen LogP contribution in [0.2, 0.25) is 0 Å². The van der Waals surface area contributed by atoms with Crippen LogP contribution in [0.1, 0.15) is 47.2 Å². The molecule has 0 unspecified atom stereocenters. The molecule has 0 atom stereocenters. The van der Waals surface area contributed by atoms with E-state index < -0.39 is 0 Å².